The van der Waals surface area contributed by atoms with E-state index in [1.165, 1.54) is 70.6 Å². The van der Waals surface area contributed by atoms with Crippen molar-refractivity contribution in [1.29, 1.82) is 0 Å². The zero-order chi connectivity index (χ0) is 58.9. The van der Waals surface area contributed by atoms with Gasteiger partial charge in [0.15, 0.2) is 24.6 Å². The molecule has 0 saturated carbocycles. The number of unbranched alkanes of at least 4 members (excludes halogenated alkanes) is 18. The maximum absolute atomic E-state index is 13.1. The van der Waals surface area contributed by atoms with Gasteiger partial charge in [-0.1, -0.05) is 226 Å². The third-order valence-corrected chi connectivity index (χ3v) is 13.5. The lowest BCUT2D eigenvalue weighted by molar-refractivity contribution is -0.301. The molecule has 12 nitrogen and oxygen atoms in total. The molecular weight excluding hydrogens is 1020 g/mol. The van der Waals surface area contributed by atoms with E-state index in [1.54, 1.807) is 0 Å². The number of hydrogen-bond donors (Lipinski definition) is 3. The Morgan fingerprint density at radius 1 is 0.420 bits per heavy atom. The first kappa shape index (κ1) is 74.1. The molecule has 1 fully saturated rings. The molecule has 1 aliphatic rings. The van der Waals surface area contributed by atoms with Crippen molar-refractivity contribution in [3.63, 3.8) is 0 Å². The summed E-state index contributed by atoms with van der Waals surface area (Å²) in [4.78, 5) is 51.2. The summed E-state index contributed by atoms with van der Waals surface area (Å²) in [6.07, 6.45) is 64.7. The number of hydrogen-bond acceptors (Lipinski definition) is 11. The van der Waals surface area contributed by atoms with Crippen LogP contribution in [0.1, 0.15) is 239 Å². The maximum atomic E-state index is 13.1. The molecule has 458 valence electrons. The molecule has 0 spiro atoms. The predicted octanol–water partition coefficient (Wildman–Crippen LogP) is 16.8. The van der Waals surface area contributed by atoms with Crippen molar-refractivity contribution in [2.45, 2.75) is 276 Å². The van der Waals surface area contributed by atoms with Gasteiger partial charge in [0.1, 0.15) is 18.8 Å². The molecule has 3 N–H and O–H groups in total. The van der Waals surface area contributed by atoms with Crippen molar-refractivity contribution in [2.24, 2.45) is 0 Å². The van der Waals surface area contributed by atoms with Crippen molar-refractivity contribution >= 4 is 23.9 Å². The van der Waals surface area contributed by atoms with E-state index in [1.807, 2.05) is 12.2 Å². The van der Waals surface area contributed by atoms with Crippen molar-refractivity contribution in [3.05, 3.63) is 122 Å². The van der Waals surface area contributed by atoms with Crippen LogP contribution in [0.15, 0.2) is 122 Å². The van der Waals surface area contributed by atoms with Crippen molar-refractivity contribution in [1.82, 2.24) is 0 Å². The number of rotatable bonds is 52. The minimum Gasteiger partial charge on any atom is -0.479 e. The third-order valence-electron chi connectivity index (χ3n) is 13.5. The Labute approximate surface area is 490 Å². The van der Waals surface area contributed by atoms with Crippen molar-refractivity contribution in [3.8, 4) is 0 Å². The summed E-state index contributed by atoms with van der Waals surface area (Å²) in [6.45, 7) is 5.67. The Morgan fingerprint density at radius 3 is 1.26 bits per heavy atom. The van der Waals surface area contributed by atoms with Crippen LogP contribution in [0.3, 0.4) is 0 Å². The Hall–Kier alpha value is -4.88. The lowest BCUT2D eigenvalue weighted by Gasteiger charge is -2.40. The molecule has 0 aromatic rings. The van der Waals surface area contributed by atoms with Crippen LogP contribution in [0.25, 0.3) is 0 Å². The summed E-state index contributed by atoms with van der Waals surface area (Å²) >= 11 is 0. The fourth-order valence-electron chi connectivity index (χ4n) is 8.76. The van der Waals surface area contributed by atoms with E-state index in [0.29, 0.717) is 25.7 Å². The topological polar surface area (TPSA) is 175 Å². The summed E-state index contributed by atoms with van der Waals surface area (Å²) in [5.41, 5.74) is 0. The number of allylic oxidation sites excluding steroid dienone is 20. The number of carboxylic acids is 1. The first-order valence-corrected chi connectivity index (χ1v) is 31.5. The van der Waals surface area contributed by atoms with Crippen LogP contribution in [-0.4, -0.2) is 89.2 Å². The predicted molar refractivity (Wildman–Crippen MR) is 330 cm³/mol. The van der Waals surface area contributed by atoms with Crippen LogP contribution in [0, 0.1) is 0 Å². The highest BCUT2D eigenvalue weighted by Gasteiger charge is 2.50. The second-order valence-electron chi connectivity index (χ2n) is 20.9. The van der Waals surface area contributed by atoms with Gasteiger partial charge in [0.2, 0.25) is 0 Å². The standard InChI is InChI=1S/C69H110O12/c1-4-7-10-13-16-19-22-25-27-29-31-33-35-38-40-43-46-49-52-55-61(70)77-58-60(79-62(71)56-53-50-47-44-41-37-24-21-18-15-12-9-6-3)59-78-69-67(65(74)64(73)66(81-69)68(75)76)80-63(72)57-54-51-48-45-42-39-36-34-32-30-28-26-23-20-17-14-11-8-5-2/h7,9-10,12,16,18-19,21,25-28,31,33,37-38,40-41,47,50,60,64-67,69,73-74H,4-6,8,11,13-15,17,20,22-24,29-30,32,34-36,39,42-46,48-49,51-59H2,1-3H3,(H,75,76)/b10-7-,12-9-,19-16-,21-18-,27-25-,28-26-,33-31-,40-38-,41-37-,50-47-. The minimum absolute atomic E-state index is 0.0280. The number of aliphatic hydroxyl groups is 2. The van der Waals surface area contributed by atoms with Gasteiger partial charge < -0.3 is 39.0 Å². The Morgan fingerprint density at radius 2 is 0.802 bits per heavy atom. The summed E-state index contributed by atoms with van der Waals surface area (Å²) < 4.78 is 28.4. The molecule has 6 atom stereocenters. The molecule has 0 aromatic heterocycles. The molecule has 0 aromatic carbocycles. The largest absolute Gasteiger partial charge is 0.479 e. The second-order valence-corrected chi connectivity index (χ2v) is 20.9. The van der Waals surface area contributed by atoms with Gasteiger partial charge in [-0.05, 0) is 116 Å². The van der Waals surface area contributed by atoms with Crippen LogP contribution < -0.4 is 0 Å². The normalized spacial score (nSPS) is 18.6. The average Bonchev–Trinajstić information content (AvgIpc) is 3.45. The molecule has 0 bridgehead atoms. The number of carbonyl (C=O) groups excluding carboxylic acids is 3. The molecule has 0 radical (unpaired) electrons. The minimum atomic E-state index is -1.92. The monoisotopic (exact) mass is 1130 g/mol. The molecule has 6 unspecified atom stereocenters. The fraction of sp³-hybridized carbons (Fsp3) is 0.652. The van der Waals surface area contributed by atoms with Crippen molar-refractivity contribution < 1.29 is 58.2 Å². The number of esters is 3. The number of aliphatic carboxylic acids is 1. The van der Waals surface area contributed by atoms with Crippen LogP contribution in [0.2, 0.25) is 0 Å². The molecule has 1 aliphatic heterocycles. The molecule has 1 saturated heterocycles. The number of ether oxygens (including phenoxy) is 5. The van der Waals surface area contributed by atoms with Gasteiger partial charge in [0, 0.05) is 19.3 Å². The van der Waals surface area contributed by atoms with E-state index in [2.05, 4.69) is 130 Å². The van der Waals surface area contributed by atoms with E-state index < -0.39 is 67.3 Å². The van der Waals surface area contributed by atoms with E-state index in [4.69, 9.17) is 23.7 Å². The van der Waals surface area contributed by atoms with E-state index in [9.17, 15) is 34.5 Å². The first-order chi connectivity index (χ1) is 39.6. The number of aliphatic hydroxyl groups excluding tert-OH is 2. The SMILES string of the molecule is CC/C=C\C/C=C\C/C=C\C/C=C\C/C=C\CCCCCC(=O)OCC(COC1OC(C(=O)O)C(O)C(O)C1OC(=O)CCCCCCCCCCC/C=C\CCCCCCCC)OC(=O)CC/C=C\C/C=C\C/C=C\C/C=C\CC. The van der Waals surface area contributed by atoms with Gasteiger partial charge in [-0.25, -0.2) is 4.79 Å². The van der Waals surface area contributed by atoms with Gasteiger partial charge >= 0.3 is 23.9 Å². The van der Waals surface area contributed by atoms with Crippen molar-refractivity contribution in [2.75, 3.05) is 13.2 Å². The van der Waals surface area contributed by atoms with Gasteiger partial charge in [-0.3, -0.25) is 14.4 Å². The molecule has 12 heteroatoms. The molecule has 0 amide bonds. The second kappa shape index (κ2) is 55.6. The maximum Gasteiger partial charge on any atom is 0.335 e. The average molecular weight is 1130 g/mol. The highest BCUT2D eigenvalue weighted by atomic mass is 16.7. The summed E-state index contributed by atoms with van der Waals surface area (Å²) in [7, 11) is 0. The number of carboxylic acid groups (broad SMARTS) is 1. The lowest BCUT2D eigenvalue weighted by atomic mass is 9.98. The molecule has 0 aliphatic carbocycles. The zero-order valence-corrected chi connectivity index (χ0v) is 50.5. The lowest BCUT2D eigenvalue weighted by Crippen LogP contribution is -2.61. The van der Waals surface area contributed by atoms with E-state index in [-0.39, 0.29) is 25.9 Å². The summed E-state index contributed by atoms with van der Waals surface area (Å²) in [6, 6.07) is 0. The third kappa shape index (κ3) is 45.3. The smallest absolute Gasteiger partial charge is 0.335 e. The Bertz CT molecular complexity index is 1870. The van der Waals surface area contributed by atoms with Gasteiger partial charge in [-0.2, -0.15) is 0 Å². The highest BCUT2D eigenvalue weighted by molar-refractivity contribution is 5.74. The number of carbonyl (C=O) groups is 4. The molecule has 1 heterocycles. The zero-order valence-electron chi connectivity index (χ0n) is 50.5. The van der Waals surface area contributed by atoms with Gasteiger partial charge in [-0.15, -0.1) is 0 Å². The summed E-state index contributed by atoms with van der Waals surface area (Å²) in [5.74, 6) is -3.29. The Kier molecular flexibility index (Phi) is 50.9. The van der Waals surface area contributed by atoms with E-state index in [0.717, 1.165) is 103 Å². The fourth-order valence-corrected chi connectivity index (χ4v) is 8.76. The molecule has 81 heavy (non-hydrogen) atoms. The molecular formula is C69H110O12. The summed E-state index contributed by atoms with van der Waals surface area (Å²) in [5, 5.41) is 31.6. The molecule has 1 rings (SSSR count). The van der Waals surface area contributed by atoms with Crippen LogP contribution in [0.4, 0.5) is 0 Å². The Balaban J connectivity index is 2.70. The quantitative estimate of drug-likeness (QED) is 0.0228. The van der Waals surface area contributed by atoms with Gasteiger partial charge in [0.05, 0.1) is 6.61 Å². The first-order valence-electron chi connectivity index (χ1n) is 31.5. The van der Waals surface area contributed by atoms with Gasteiger partial charge in [0.25, 0.3) is 0 Å². The van der Waals surface area contributed by atoms with Crippen LogP contribution >= 0.6 is 0 Å². The van der Waals surface area contributed by atoms with Crippen LogP contribution in [-0.2, 0) is 42.9 Å². The van der Waals surface area contributed by atoms with Crippen LogP contribution in [0.5, 0.6) is 0 Å². The van der Waals surface area contributed by atoms with E-state index >= 15 is 0 Å². The highest BCUT2D eigenvalue weighted by Crippen LogP contribution is 2.26.